The van der Waals surface area contributed by atoms with Crippen LogP contribution in [-0.4, -0.2) is 28.2 Å². The topological polar surface area (TPSA) is 58.9 Å². The zero-order valence-electron chi connectivity index (χ0n) is 50.8. The van der Waals surface area contributed by atoms with E-state index in [0.717, 1.165) is 45.9 Å². The smallest absolute Gasteiger partial charge is 0.164 e. The molecule has 4 nitrogen and oxygen atoms in total. The second-order valence-electron chi connectivity index (χ2n) is 27.4. The number of hydrogen-bond donors (Lipinski definition) is 2. The Bertz CT molecular complexity index is 2040. The molecule has 434 valence electrons. The van der Waals surface area contributed by atoms with Gasteiger partial charge < -0.3 is 19.7 Å². The molecule has 1 heterocycles. The van der Waals surface area contributed by atoms with E-state index >= 15 is 0 Å². The van der Waals surface area contributed by atoms with Gasteiger partial charge in [0, 0.05) is 0 Å². The Hall–Kier alpha value is -3.28. The third kappa shape index (κ3) is 14.9. The highest BCUT2D eigenvalue weighted by Gasteiger charge is 2.61. The predicted molar refractivity (Wildman–Crippen MR) is 331 cm³/mol. The van der Waals surface area contributed by atoms with Crippen molar-refractivity contribution < 1.29 is 19.7 Å². The molecule has 2 atom stereocenters. The lowest BCUT2D eigenvalue weighted by atomic mass is 9.70. The van der Waals surface area contributed by atoms with Gasteiger partial charge in [0.05, 0.1) is 0 Å². The molecule has 5 aliphatic rings. The van der Waals surface area contributed by atoms with E-state index in [2.05, 4.69) is 125 Å². The molecular weight excluding hydrogens is 965 g/mol. The molecule has 0 radical (unpaired) electrons. The number of ether oxygens (including phenoxy) is 2. The number of rotatable bonds is 26. The second-order valence-corrected chi connectivity index (χ2v) is 27.4. The first-order chi connectivity index (χ1) is 38.4. The zero-order chi connectivity index (χ0) is 55.2. The number of aliphatic hydroxyl groups is 2. The van der Waals surface area contributed by atoms with Gasteiger partial charge >= 0.3 is 0 Å². The van der Waals surface area contributed by atoms with Gasteiger partial charge in [0.2, 0.25) is 0 Å². The molecule has 4 aromatic rings. The van der Waals surface area contributed by atoms with Crippen LogP contribution in [0.1, 0.15) is 315 Å². The van der Waals surface area contributed by atoms with Crippen LogP contribution in [0.4, 0.5) is 0 Å². The fraction of sp³-hybridized carbons (Fsp3) is 0.680. The lowest BCUT2D eigenvalue weighted by Crippen LogP contribution is -2.55. The molecule has 5 fully saturated rings. The summed E-state index contributed by atoms with van der Waals surface area (Å²) in [6.45, 7) is 13.2. The minimum absolute atomic E-state index is 0.529. The van der Waals surface area contributed by atoms with Gasteiger partial charge in [-0.2, -0.15) is 0 Å². The van der Waals surface area contributed by atoms with Crippen LogP contribution in [0.3, 0.4) is 0 Å². The summed E-state index contributed by atoms with van der Waals surface area (Å²) in [4.78, 5) is 0. The normalized spacial score (nSPS) is 27.7. The molecule has 0 unspecified atom stereocenters. The van der Waals surface area contributed by atoms with E-state index in [0.29, 0.717) is 23.7 Å². The minimum Gasteiger partial charge on any atom is -0.378 e. The lowest BCUT2D eigenvalue weighted by Gasteiger charge is -2.43. The van der Waals surface area contributed by atoms with Crippen molar-refractivity contribution in [1.29, 1.82) is 0 Å². The van der Waals surface area contributed by atoms with Crippen molar-refractivity contribution >= 4 is 0 Å². The van der Waals surface area contributed by atoms with Gasteiger partial charge in [0.1, 0.15) is 23.4 Å². The van der Waals surface area contributed by atoms with E-state index in [4.69, 9.17) is 9.47 Å². The Morgan fingerprint density at radius 1 is 0.329 bits per heavy atom. The highest BCUT2D eigenvalue weighted by Crippen LogP contribution is 2.52. The van der Waals surface area contributed by atoms with Crippen LogP contribution < -0.4 is 0 Å². The fourth-order valence-electron chi connectivity index (χ4n) is 16.3. The van der Waals surface area contributed by atoms with Gasteiger partial charge in [-0.3, -0.25) is 0 Å². The van der Waals surface area contributed by atoms with Crippen LogP contribution in [0.5, 0.6) is 0 Å². The Morgan fingerprint density at radius 2 is 0.532 bits per heavy atom. The third-order valence-electron chi connectivity index (χ3n) is 21.5. The van der Waals surface area contributed by atoms with Gasteiger partial charge in [0.15, 0.2) is 5.79 Å². The summed E-state index contributed by atoms with van der Waals surface area (Å²) in [5, 5.41) is 28.6. The summed E-state index contributed by atoms with van der Waals surface area (Å²) >= 11 is 0. The quantitative estimate of drug-likeness (QED) is 0.0615. The molecule has 79 heavy (non-hydrogen) atoms. The Balaban J connectivity index is 1.06. The molecule has 0 aromatic heterocycles. The molecule has 0 bridgehead atoms. The van der Waals surface area contributed by atoms with E-state index in [-0.39, 0.29) is 0 Å². The van der Waals surface area contributed by atoms with E-state index in [9.17, 15) is 10.2 Å². The van der Waals surface area contributed by atoms with Gasteiger partial charge in [-0.05, 0) is 208 Å². The van der Waals surface area contributed by atoms with Crippen LogP contribution in [-0.2, 0) is 20.7 Å². The SMILES string of the molecule is CCCCC[C@H]1CC[C@H](c2ccc(C(O)(c3ccc([C@H]4CC[C@H](CCCCC)CC4)cc3)[C@H]3OC(C)(C)O[C@@H]3C(O)(c3ccc([C@H]4CC[C@H](CCCCC)CC4)cc3)c3ccc([C@H]4CC[C@H](CCCCC)CC4)cc3)cc2)CC1. The van der Waals surface area contributed by atoms with Crippen molar-refractivity contribution in [2.45, 2.75) is 300 Å². The summed E-state index contributed by atoms with van der Waals surface area (Å²) < 4.78 is 14.4. The summed E-state index contributed by atoms with van der Waals surface area (Å²) in [6, 6.07) is 35.8. The Kier molecular flexibility index (Phi) is 22.0. The first-order valence-electron chi connectivity index (χ1n) is 33.7. The average Bonchev–Trinajstić information content (AvgIpc) is 4.10. The molecule has 1 aliphatic heterocycles. The molecule has 0 amide bonds. The third-order valence-corrected chi connectivity index (χ3v) is 21.5. The molecule has 2 N–H and O–H groups in total. The maximum absolute atomic E-state index is 14.3. The fourth-order valence-corrected chi connectivity index (χ4v) is 16.3. The van der Waals surface area contributed by atoms with E-state index in [1.165, 1.54) is 228 Å². The highest BCUT2D eigenvalue weighted by atomic mass is 16.8. The molecule has 4 saturated carbocycles. The zero-order valence-corrected chi connectivity index (χ0v) is 50.8. The lowest BCUT2D eigenvalue weighted by molar-refractivity contribution is -0.172. The summed E-state index contributed by atoms with van der Waals surface area (Å²) in [5.41, 5.74) is 5.27. The standard InChI is InChI=1S/C75H110O4/c1-7-11-15-19-55-23-31-59(32-24-55)63-39-47-67(48-40-63)74(76,68-49-41-64(42-50-68)60-33-25-56(26-34-60)20-16-12-8-2)71-72(79-73(5,6)78-71)75(77,69-51-43-65(44-52-69)61-35-27-57(28-36-61)21-17-13-9-3)70-53-45-66(46-54-70)62-37-29-58(30-38-62)22-18-14-10-4/h39-62,71-72,76-77H,7-38H2,1-6H3/t55-,56-,57-,58-,59-,60-,61-,62-,71-,72-/m0/s1. The van der Waals surface area contributed by atoms with Crippen molar-refractivity contribution in [3.63, 3.8) is 0 Å². The van der Waals surface area contributed by atoms with Gasteiger partial charge in [-0.25, -0.2) is 0 Å². The molecule has 4 heteroatoms. The minimum atomic E-state index is -1.66. The maximum atomic E-state index is 14.3. The Morgan fingerprint density at radius 3 is 0.722 bits per heavy atom. The molecule has 9 rings (SSSR count). The van der Waals surface area contributed by atoms with Crippen molar-refractivity contribution in [2.75, 3.05) is 0 Å². The van der Waals surface area contributed by atoms with Gasteiger partial charge in [-0.15, -0.1) is 0 Å². The number of unbranched alkanes of at least 4 members (excludes halogenated alkanes) is 8. The van der Waals surface area contributed by atoms with Crippen molar-refractivity contribution in [1.82, 2.24) is 0 Å². The van der Waals surface area contributed by atoms with E-state index in [1.807, 2.05) is 13.8 Å². The number of hydrogen-bond acceptors (Lipinski definition) is 4. The molecule has 4 aliphatic carbocycles. The Labute approximate surface area is 482 Å². The van der Waals surface area contributed by atoms with Crippen molar-refractivity contribution in [3.8, 4) is 0 Å². The first-order valence-corrected chi connectivity index (χ1v) is 33.7. The van der Waals surface area contributed by atoms with Crippen molar-refractivity contribution in [3.05, 3.63) is 142 Å². The van der Waals surface area contributed by atoms with Crippen LogP contribution in [0.2, 0.25) is 0 Å². The van der Waals surface area contributed by atoms with Crippen LogP contribution in [0.25, 0.3) is 0 Å². The summed E-state index contributed by atoms with van der Waals surface area (Å²) in [7, 11) is 0. The van der Waals surface area contributed by atoms with Gasteiger partial charge in [-0.1, -0.05) is 227 Å². The summed E-state index contributed by atoms with van der Waals surface area (Å²) in [6.07, 6.45) is 39.7. The molecular formula is C75H110O4. The second kappa shape index (κ2) is 28.8. The molecule has 0 spiro atoms. The largest absolute Gasteiger partial charge is 0.378 e. The van der Waals surface area contributed by atoms with Crippen molar-refractivity contribution in [2.24, 2.45) is 23.7 Å². The summed E-state index contributed by atoms with van der Waals surface area (Å²) in [5.74, 6) is 4.41. The molecule has 1 saturated heterocycles. The van der Waals surface area contributed by atoms with E-state index in [1.54, 1.807) is 0 Å². The van der Waals surface area contributed by atoms with E-state index < -0.39 is 29.2 Å². The maximum Gasteiger partial charge on any atom is 0.164 e. The van der Waals surface area contributed by atoms with Crippen LogP contribution in [0.15, 0.2) is 97.1 Å². The monoisotopic (exact) mass is 1070 g/mol. The number of benzene rings is 4. The van der Waals surface area contributed by atoms with Crippen LogP contribution in [0, 0.1) is 23.7 Å². The van der Waals surface area contributed by atoms with Gasteiger partial charge in [0.25, 0.3) is 0 Å². The highest BCUT2D eigenvalue weighted by molar-refractivity contribution is 5.46. The first kappa shape index (κ1) is 60.3. The molecule has 4 aromatic carbocycles. The van der Waals surface area contributed by atoms with Crippen LogP contribution >= 0.6 is 0 Å². The average molecular weight is 1080 g/mol. The predicted octanol–water partition coefficient (Wildman–Crippen LogP) is 20.8.